The smallest absolute Gasteiger partial charge is 0.322 e. The predicted molar refractivity (Wildman–Crippen MR) is 41.0 cm³/mol. The monoisotopic (exact) mass is 158 g/mol. The lowest BCUT2D eigenvalue weighted by Gasteiger charge is -2.20. The average molecular weight is 158 g/mol. The Morgan fingerprint density at radius 3 is 3.09 bits per heavy atom. The minimum absolute atomic E-state index is 0.310. The summed E-state index contributed by atoms with van der Waals surface area (Å²) >= 11 is 0. The summed E-state index contributed by atoms with van der Waals surface area (Å²) in [5.41, 5.74) is 3.03. The van der Waals surface area contributed by atoms with E-state index in [4.69, 9.17) is 5.11 Å². The first-order chi connectivity index (χ1) is 5.25. The van der Waals surface area contributed by atoms with Crippen LogP contribution >= 0.6 is 0 Å². The first-order valence-electron chi connectivity index (χ1n) is 3.98. The number of hydrogen-bond donors (Lipinski definition) is 2. The second-order valence-corrected chi connectivity index (χ2v) is 2.70. The molecule has 4 nitrogen and oxygen atoms in total. The summed E-state index contributed by atoms with van der Waals surface area (Å²) in [5.74, 6) is -0.719. The summed E-state index contributed by atoms with van der Waals surface area (Å²) in [5, 5.41) is 10.5. The van der Waals surface area contributed by atoms with Crippen molar-refractivity contribution in [3.8, 4) is 0 Å². The van der Waals surface area contributed by atoms with Gasteiger partial charge in [0.25, 0.3) is 0 Å². The maximum absolute atomic E-state index is 10.6. The molecule has 1 saturated heterocycles. The third kappa shape index (κ3) is 1.91. The Hall–Kier alpha value is -0.610. The number of nitrogens with zero attached hydrogens (tertiary/aromatic N) is 1. The normalized spacial score (nSPS) is 25.7. The molecule has 0 bridgehead atoms. The van der Waals surface area contributed by atoms with Crippen LogP contribution in [0, 0.1) is 0 Å². The van der Waals surface area contributed by atoms with Crippen LogP contribution in [0.4, 0.5) is 0 Å². The van der Waals surface area contributed by atoms with E-state index in [2.05, 4.69) is 5.43 Å². The van der Waals surface area contributed by atoms with E-state index >= 15 is 0 Å². The van der Waals surface area contributed by atoms with Gasteiger partial charge in [-0.25, -0.2) is 5.01 Å². The van der Waals surface area contributed by atoms with Gasteiger partial charge < -0.3 is 5.11 Å². The van der Waals surface area contributed by atoms with Crippen molar-refractivity contribution in [2.24, 2.45) is 0 Å². The molecule has 64 valence electrons. The Labute approximate surface area is 66.2 Å². The van der Waals surface area contributed by atoms with E-state index in [9.17, 15) is 4.79 Å². The average Bonchev–Trinajstić information content (AvgIpc) is 2.36. The van der Waals surface area contributed by atoms with Crippen LogP contribution in [-0.2, 0) is 4.79 Å². The number of carboxylic acids is 1. The second-order valence-electron chi connectivity index (χ2n) is 2.70. The topological polar surface area (TPSA) is 52.6 Å². The van der Waals surface area contributed by atoms with Gasteiger partial charge in [-0.05, 0) is 12.8 Å². The van der Waals surface area contributed by atoms with Gasteiger partial charge in [-0.2, -0.15) is 0 Å². The zero-order chi connectivity index (χ0) is 8.27. The summed E-state index contributed by atoms with van der Waals surface area (Å²) in [6.07, 6.45) is 1.74. The quantitative estimate of drug-likeness (QED) is 0.610. The molecule has 1 atom stereocenters. The molecular formula is C7H14N2O2. The fraction of sp³-hybridized carbons (Fsp3) is 0.857. The maximum Gasteiger partial charge on any atom is 0.322 e. The number of carbonyl (C=O) groups is 1. The highest BCUT2D eigenvalue weighted by atomic mass is 16.4. The van der Waals surface area contributed by atoms with Crippen molar-refractivity contribution in [2.75, 3.05) is 13.1 Å². The van der Waals surface area contributed by atoms with Crippen molar-refractivity contribution in [3.05, 3.63) is 0 Å². The lowest BCUT2D eigenvalue weighted by atomic mass is 10.2. The molecule has 0 spiro atoms. The van der Waals surface area contributed by atoms with Crippen LogP contribution < -0.4 is 5.43 Å². The van der Waals surface area contributed by atoms with Crippen molar-refractivity contribution < 1.29 is 9.90 Å². The summed E-state index contributed by atoms with van der Waals surface area (Å²) in [6, 6.07) is -0.310. The van der Waals surface area contributed by atoms with Gasteiger partial charge in [-0.15, -0.1) is 0 Å². The van der Waals surface area contributed by atoms with Crippen LogP contribution in [-0.4, -0.2) is 35.2 Å². The SMILES string of the molecule is CCNN1CCC[C@H]1C(=O)O. The molecule has 2 N–H and O–H groups in total. The molecule has 0 unspecified atom stereocenters. The molecule has 1 heterocycles. The number of hydrogen-bond acceptors (Lipinski definition) is 3. The zero-order valence-corrected chi connectivity index (χ0v) is 6.71. The van der Waals surface area contributed by atoms with Crippen molar-refractivity contribution in [3.63, 3.8) is 0 Å². The van der Waals surface area contributed by atoms with Gasteiger partial charge in [0.05, 0.1) is 0 Å². The maximum atomic E-state index is 10.6. The van der Waals surface area contributed by atoms with Gasteiger partial charge >= 0.3 is 5.97 Å². The fourth-order valence-electron chi connectivity index (χ4n) is 1.42. The highest BCUT2D eigenvalue weighted by Gasteiger charge is 2.29. The molecule has 0 aromatic heterocycles. The lowest BCUT2D eigenvalue weighted by Crippen LogP contribution is -2.45. The number of carboxylic acid groups (broad SMARTS) is 1. The van der Waals surface area contributed by atoms with E-state index in [0.29, 0.717) is 0 Å². The molecule has 0 aromatic rings. The van der Waals surface area contributed by atoms with E-state index in [1.807, 2.05) is 11.9 Å². The molecule has 0 aliphatic carbocycles. The van der Waals surface area contributed by atoms with E-state index in [0.717, 1.165) is 25.9 Å². The molecule has 0 aromatic carbocycles. The molecule has 0 radical (unpaired) electrons. The Balaban J connectivity index is 2.44. The zero-order valence-electron chi connectivity index (χ0n) is 6.71. The molecule has 1 aliphatic rings. The highest BCUT2D eigenvalue weighted by Crippen LogP contribution is 2.14. The van der Waals surface area contributed by atoms with Crippen molar-refractivity contribution in [1.29, 1.82) is 0 Å². The third-order valence-electron chi connectivity index (χ3n) is 1.90. The van der Waals surface area contributed by atoms with Crippen LogP contribution in [0.5, 0.6) is 0 Å². The summed E-state index contributed by atoms with van der Waals surface area (Å²) in [4.78, 5) is 10.6. The predicted octanol–water partition coefficient (Wildman–Crippen LogP) is 0.0599. The largest absolute Gasteiger partial charge is 0.480 e. The van der Waals surface area contributed by atoms with E-state index < -0.39 is 5.97 Å². The van der Waals surface area contributed by atoms with E-state index in [1.54, 1.807) is 0 Å². The molecule has 0 saturated carbocycles. The molecule has 4 heteroatoms. The molecule has 0 amide bonds. The summed E-state index contributed by atoms with van der Waals surface area (Å²) in [7, 11) is 0. The summed E-state index contributed by atoms with van der Waals surface area (Å²) in [6.45, 7) is 3.62. The summed E-state index contributed by atoms with van der Waals surface area (Å²) < 4.78 is 0. The number of aliphatic carboxylic acids is 1. The van der Waals surface area contributed by atoms with Crippen molar-refractivity contribution >= 4 is 5.97 Å². The van der Waals surface area contributed by atoms with Gasteiger partial charge in [-0.3, -0.25) is 10.2 Å². The van der Waals surface area contributed by atoms with Gasteiger partial charge in [0.15, 0.2) is 0 Å². The van der Waals surface area contributed by atoms with Gasteiger partial charge in [0, 0.05) is 13.1 Å². The van der Waals surface area contributed by atoms with Gasteiger partial charge in [-0.1, -0.05) is 6.92 Å². The Kier molecular flexibility index (Phi) is 2.84. The highest BCUT2D eigenvalue weighted by molar-refractivity contribution is 5.73. The number of rotatable bonds is 3. The second kappa shape index (κ2) is 3.69. The first kappa shape index (κ1) is 8.49. The van der Waals surface area contributed by atoms with Gasteiger partial charge in [0.1, 0.15) is 6.04 Å². The van der Waals surface area contributed by atoms with Crippen molar-refractivity contribution in [1.82, 2.24) is 10.4 Å². The molecular weight excluding hydrogens is 144 g/mol. The van der Waals surface area contributed by atoms with Crippen LogP contribution in [0.2, 0.25) is 0 Å². The Morgan fingerprint density at radius 1 is 1.82 bits per heavy atom. The molecule has 1 rings (SSSR count). The van der Waals surface area contributed by atoms with E-state index in [-0.39, 0.29) is 6.04 Å². The van der Waals surface area contributed by atoms with Crippen LogP contribution in [0.15, 0.2) is 0 Å². The first-order valence-corrected chi connectivity index (χ1v) is 3.98. The van der Waals surface area contributed by atoms with Gasteiger partial charge in [0.2, 0.25) is 0 Å². The molecule has 1 aliphatic heterocycles. The van der Waals surface area contributed by atoms with Crippen molar-refractivity contribution in [2.45, 2.75) is 25.8 Å². The van der Waals surface area contributed by atoms with Crippen LogP contribution in [0.3, 0.4) is 0 Å². The van der Waals surface area contributed by atoms with Crippen LogP contribution in [0.1, 0.15) is 19.8 Å². The van der Waals surface area contributed by atoms with Crippen LogP contribution in [0.25, 0.3) is 0 Å². The standard InChI is InChI=1S/C7H14N2O2/c1-2-8-9-5-3-4-6(9)7(10)11/h6,8H,2-5H2,1H3,(H,10,11)/t6-/m0/s1. The lowest BCUT2D eigenvalue weighted by molar-refractivity contribution is -0.143. The third-order valence-corrected chi connectivity index (χ3v) is 1.90. The van der Waals surface area contributed by atoms with E-state index in [1.165, 1.54) is 0 Å². The number of hydrazine groups is 1. The Morgan fingerprint density at radius 2 is 2.55 bits per heavy atom. The minimum atomic E-state index is -0.719. The number of nitrogens with one attached hydrogen (secondary N) is 1. The molecule has 11 heavy (non-hydrogen) atoms. The Bertz CT molecular complexity index is 149. The fourth-order valence-corrected chi connectivity index (χ4v) is 1.42. The minimum Gasteiger partial charge on any atom is -0.480 e. The molecule has 1 fully saturated rings.